The van der Waals surface area contributed by atoms with E-state index in [0.29, 0.717) is 23.9 Å². The highest BCUT2D eigenvalue weighted by Crippen LogP contribution is 2.51. The molecule has 0 radical (unpaired) electrons. The largest absolute Gasteiger partial charge is 0.383 e. The van der Waals surface area contributed by atoms with Crippen molar-refractivity contribution in [3.8, 4) is 0 Å². The van der Waals surface area contributed by atoms with Gasteiger partial charge in [0.05, 0.1) is 18.7 Å². The summed E-state index contributed by atoms with van der Waals surface area (Å²) < 4.78 is 5.19. The minimum atomic E-state index is 0.145. The first-order valence-corrected chi connectivity index (χ1v) is 6.48. The standard InChI is InChI=1S/C13H25N3O/c1-10-7-12(2,3)8-13(10)9-15-11(14)16(13)5-6-17-4/h10H,5-9H2,1-4H3,(H2,14,15). The minimum Gasteiger partial charge on any atom is -0.383 e. The van der Waals surface area contributed by atoms with Gasteiger partial charge in [0, 0.05) is 13.7 Å². The molecule has 2 N–H and O–H groups in total. The molecule has 1 spiro atoms. The lowest BCUT2D eigenvalue weighted by molar-refractivity contribution is 0.104. The fourth-order valence-electron chi connectivity index (χ4n) is 3.80. The number of nitrogens with two attached hydrogens (primary N) is 1. The van der Waals surface area contributed by atoms with E-state index in [0.717, 1.165) is 13.1 Å². The molecule has 98 valence electrons. The van der Waals surface area contributed by atoms with Gasteiger partial charge in [0.1, 0.15) is 0 Å². The van der Waals surface area contributed by atoms with Gasteiger partial charge in [-0.1, -0.05) is 20.8 Å². The zero-order chi connectivity index (χ0) is 12.7. The van der Waals surface area contributed by atoms with Crippen molar-refractivity contribution in [1.82, 2.24) is 4.90 Å². The highest BCUT2D eigenvalue weighted by molar-refractivity contribution is 5.81. The molecule has 1 aliphatic heterocycles. The highest BCUT2D eigenvalue weighted by atomic mass is 16.5. The Balaban J connectivity index is 2.19. The number of rotatable bonds is 3. The summed E-state index contributed by atoms with van der Waals surface area (Å²) in [5.41, 5.74) is 6.58. The maximum absolute atomic E-state index is 6.05. The summed E-state index contributed by atoms with van der Waals surface area (Å²) in [6.07, 6.45) is 2.42. The number of methoxy groups -OCH3 is 1. The van der Waals surface area contributed by atoms with E-state index < -0.39 is 0 Å². The third-order valence-electron chi connectivity index (χ3n) is 4.41. The molecule has 4 heteroatoms. The summed E-state index contributed by atoms with van der Waals surface area (Å²) in [4.78, 5) is 6.77. The van der Waals surface area contributed by atoms with Gasteiger partial charge in [-0.3, -0.25) is 4.99 Å². The van der Waals surface area contributed by atoms with Gasteiger partial charge >= 0.3 is 0 Å². The zero-order valence-electron chi connectivity index (χ0n) is 11.5. The molecule has 2 unspecified atom stereocenters. The molecule has 0 aromatic rings. The molecule has 2 aliphatic rings. The SMILES string of the molecule is COCCN1C(N)=NCC12CC(C)(C)CC2C. The van der Waals surface area contributed by atoms with Gasteiger partial charge in [-0.05, 0) is 24.2 Å². The van der Waals surface area contributed by atoms with E-state index in [2.05, 4.69) is 30.7 Å². The van der Waals surface area contributed by atoms with Gasteiger partial charge in [0.15, 0.2) is 5.96 Å². The van der Waals surface area contributed by atoms with Crippen LogP contribution in [-0.2, 0) is 4.74 Å². The number of guanidine groups is 1. The van der Waals surface area contributed by atoms with Crippen molar-refractivity contribution in [2.24, 2.45) is 22.1 Å². The van der Waals surface area contributed by atoms with Gasteiger partial charge in [0.25, 0.3) is 0 Å². The van der Waals surface area contributed by atoms with Gasteiger partial charge in [0.2, 0.25) is 0 Å². The Hall–Kier alpha value is -0.770. The van der Waals surface area contributed by atoms with Crippen molar-refractivity contribution in [3.05, 3.63) is 0 Å². The summed E-state index contributed by atoms with van der Waals surface area (Å²) in [7, 11) is 1.73. The average Bonchev–Trinajstić information content (AvgIpc) is 2.64. The van der Waals surface area contributed by atoms with Crippen LogP contribution in [0.5, 0.6) is 0 Å². The lowest BCUT2D eigenvalue weighted by atomic mass is 9.85. The summed E-state index contributed by atoms with van der Waals surface area (Å²) in [5, 5.41) is 0. The molecule has 0 bridgehead atoms. The van der Waals surface area contributed by atoms with Crippen molar-refractivity contribution < 1.29 is 4.74 Å². The molecule has 17 heavy (non-hydrogen) atoms. The summed E-state index contributed by atoms with van der Waals surface area (Å²) in [5.74, 6) is 1.34. The van der Waals surface area contributed by atoms with E-state index in [-0.39, 0.29) is 5.54 Å². The third kappa shape index (κ3) is 2.03. The van der Waals surface area contributed by atoms with Crippen LogP contribution >= 0.6 is 0 Å². The second kappa shape index (κ2) is 4.16. The van der Waals surface area contributed by atoms with E-state index in [1.807, 2.05) is 0 Å². The minimum absolute atomic E-state index is 0.145. The Bertz CT molecular complexity index is 327. The first kappa shape index (κ1) is 12.7. The molecule has 1 fully saturated rings. The fraction of sp³-hybridized carbons (Fsp3) is 0.923. The van der Waals surface area contributed by atoms with Gasteiger partial charge in [-0.25, -0.2) is 0 Å². The molecule has 1 heterocycles. The van der Waals surface area contributed by atoms with Crippen molar-refractivity contribution in [2.75, 3.05) is 26.8 Å². The van der Waals surface area contributed by atoms with E-state index in [1.54, 1.807) is 7.11 Å². The monoisotopic (exact) mass is 239 g/mol. The van der Waals surface area contributed by atoms with Crippen molar-refractivity contribution in [3.63, 3.8) is 0 Å². The first-order chi connectivity index (χ1) is 7.91. The predicted octanol–water partition coefficient (Wildman–Crippen LogP) is 1.46. The van der Waals surface area contributed by atoms with Crippen LogP contribution in [0.25, 0.3) is 0 Å². The average molecular weight is 239 g/mol. The van der Waals surface area contributed by atoms with E-state index in [1.165, 1.54) is 12.8 Å². The van der Waals surface area contributed by atoms with Crippen molar-refractivity contribution >= 4 is 5.96 Å². The Kier molecular flexibility index (Phi) is 3.10. The van der Waals surface area contributed by atoms with Crippen LogP contribution in [0.2, 0.25) is 0 Å². The highest BCUT2D eigenvalue weighted by Gasteiger charge is 2.54. The molecule has 0 aromatic carbocycles. The molecule has 0 amide bonds. The second-order valence-electron chi connectivity index (χ2n) is 6.37. The molecule has 2 rings (SSSR count). The van der Waals surface area contributed by atoms with Crippen LogP contribution < -0.4 is 5.73 Å². The van der Waals surface area contributed by atoms with Gasteiger partial charge < -0.3 is 15.4 Å². The molecule has 2 atom stereocenters. The number of ether oxygens (including phenoxy) is 1. The summed E-state index contributed by atoms with van der Waals surface area (Å²) in [6.45, 7) is 9.45. The van der Waals surface area contributed by atoms with E-state index >= 15 is 0 Å². The molecular formula is C13H25N3O. The Morgan fingerprint density at radius 3 is 2.76 bits per heavy atom. The molecule has 0 aromatic heterocycles. The van der Waals surface area contributed by atoms with Crippen LogP contribution in [0.3, 0.4) is 0 Å². The quantitative estimate of drug-likeness (QED) is 0.811. The van der Waals surface area contributed by atoms with Crippen LogP contribution in [-0.4, -0.2) is 43.2 Å². The van der Waals surface area contributed by atoms with Crippen LogP contribution in [0.4, 0.5) is 0 Å². The number of hydrogen-bond donors (Lipinski definition) is 1. The lowest BCUT2D eigenvalue weighted by Crippen LogP contribution is -2.54. The lowest BCUT2D eigenvalue weighted by Gasteiger charge is -2.40. The third-order valence-corrected chi connectivity index (χ3v) is 4.41. The van der Waals surface area contributed by atoms with E-state index in [9.17, 15) is 0 Å². The van der Waals surface area contributed by atoms with Crippen LogP contribution in [0.15, 0.2) is 4.99 Å². The Morgan fingerprint density at radius 2 is 2.24 bits per heavy atom. The van der Waals surface area contributed by atoms with Crippen LogP contribution in [0, 0.1) is 11.3 Å². The summed E-state index contributed by atoms with van der Waals surface area (Å²) >= 11 is 0. The topological polar surface area (TPSA) is 50.9 Å². The zero-order valence-corrected chi connectivity index (χ0v) is 11.5. The number of hydrogen-bond acceptors (Lipinski definition) is 4. The smallest absolute Gasteiger partial charge is 0.191 e. The molecule has 1 aliphatic carbocycles. The van der Waals surface area contributed by atoms with Gasteiger partial charge in [-0.15, -0.1) is 0 Å². The maximum atomic E-state index is 6.05. The second-order valence-corrected chi connectivity index (χ2v) is 6.37. The Labute approximate surface area is 104 Å². The Morgan fingerprint density at radius 1 is 1.53 bits per heavy atom. The first-order valence-electron chi connectivity index (χ1n) is 6.48. The molecule has 0 saturated heterocycles. The number of aliphatic imine (C=N–C) groups is 1. The van der Waals surface area contributed by atoms with Crippen molar-refractivity contribution in [2.45, 2.75) is 39.2 Å². The van der Waals surface area contributed by atoms with Gasteiger partial charge in [-0.2, -0.15) is 0 Å². The predicted molar refractivity (Wildman–Crippen MR) is 70.0 cm³/mol. The number of nitrogens with zero attached hydrogens (tertiary/aromatic N) is 2. The van der Waals surface area contributed by atoms with E-state index in [4.69, 9.17) is 10.5 Å². The molecule has 1 saturated carbocycles. The maximum Gasteiger partial charge on any atom is 0.191 e. The normalized spacial score (nSPS) is 35.6. The summed E-state index contributed by atoms with van der Waals surface area (Å²) in [6, 6.07) is 0. The molecule has 4 nitrogen and oxygen atoms in total. The molecular weight excluding hydrogens is 214 g/mol. The fourth-order valence-corrected chi connectivity index (χ4v) is 3.80. The van der Waals surface area contributed by atoms with Crippen molar-refractivity contribution in [1.29, 1.82) is 0 Å². The van der Waals surface area contributed by atoms with Crippen LogP contribution in [0.1, 0.15) is 33.6 Å².